The van der Waals surface area contributed by atoms with E-state index in [0.717, 1.165) is 25.7 Å². The molecule has 0 radical (unpaired) electrons. The Labute approximate surface area is 87.0 Å². The molecule has 0 heterocycles. The van der Waals surface area contributed by atoms with E-state index in [1.165, 1.54) is 32.1 Å². The first kappa shape index (κ1) is 13.4. The number of hydrogen-bond acceptors (Lipinski definition) is 2. The van der Waals surface area contributed by atoms with E-state index in [1.54, 1.807) is 12.0 Å². The van der Waals surface area contributed by atoms with Crippen molar-refractivity contribution in [2.75, 3.05) is 6.61 Å². The van der Waals surface area contributed by atoms with E-state index < -0.39 is 0 Å². The van der Waals surface area contributed by atoms with Gasteiger partial charge in [0.2, 0.25) is 0 Å². The van der Waals surface area contributed by atoms with Crippen molar-refractivity contribution in [3.63, 3.8) is 0 Å². The minimum Gasteiger partial charge on any atom is -0.396 e. The summed E-state index contributed by atoms with van der Waals surface area (Å²) in [6.07, 6.45) is 12.0. The first-order valence-corrected chi connectivity index (χ1v) is 5.72. The fourth-order valence-corrected chi connectivity index (χ4v) is 1.48. The van der Waals surface area contributed by atoms with Crippen LogP contribution in [0.2, 0.25) is 0 Å². The molecule has 0 bridgehead atoms. The van der Waals surface area contributed by atoms with E-state index in [1.807, 2.05) is 0 Å². The standard InChI is InChI=1S/C12H22O2/c13-11-9-7-5-3-1-2-4-6-8-10-12-14/h9,14H,1-8,10,12H2. The zero-order valence-corrected chi connectivity index (χ0v) is 9.00. The Kier molecular flexibility index (Phi) is 11.9. The fraction of sp³-hybridized carbons (Fsp3) is 0.833. The average molecular weight is 198 g/mol. The van der Waals surface area contributed by atoms with Crippen molar-refractivity contribution in [3.8, 4) is 0 Å². The third kappa shape index (κ3) is 11.4. The third-order valence-electron chi connectivity index (χ3n) is 2.34. The summed E-state index contributed by atoms with van der Waals surface area (Å²) in [5.74, 6) is 1.79. The summed E-state index contributed by atoms with van der Waals surface area (Å²) in [5.41, 5.74) is 0. The van der Waals surface area contributed by atoms with E-state index in [9.17, 15) is 4.79 Å². The predicted molar refractivity (Wildman–Crippen MR) is 58.9 cm³/mol. The largest absolute Gasteiger partial charge is 0.396 e. The molecular weight excluding hydrogens is 176 g/mol. The van der Waals surface area contributed by atoms with Crippen LogP contribution in [0.25, 0.3) is 0 Å². The smallest absolute Gasteiger partial charge is 0.120 e. The summed E-state index contributed by atoms with van der Waals surface area (Å²) < 4.78 is 0. The Morgan fingerprint density at radius 3 is 1.86 bits per heavy atom. The van der Waals surface area contributed by atoms with Crippen LogP contribution in [0.5, 0.6) is 0 Å². The topological polar surface area (TPSA) is 37.3 Å². The van der Waals surface area contributed by atoms with Gasteiger partial charge in [-0.1, -0.05) is 38.5 Å². The van der Waals surface area contributed by atoms with Gasteiger partial charge in [-0.25, -0.2) is 4.79 Å². The first-order chi connectivity index (χ1) is 6.91. The summed E-state index contributed by atoms with van der Waals surface area (Å²) in [4.78, 5) is 9.84. The SMILES string of the molecule is O=C=CCCCCCCCCCCO. The molecule has 0 saturated carbocycles. The van der Waals surface area contributed by atoms with Crippen LogP contribution in [0, 0.1) is 0 Å². The molecular formula is C12H22O2. The number of carbonyl (C=O) groups excluding carboxylic acids is 1. The molecule has 1 N–H and O–H groups in total. The van der Waals surface area contributed by atoms with Gasteiger partial charge in [0.05, 0.1) is 0 Å². The molecule has 0 fully saturated rings. The van der Waals surface area contributed by atoms with Crippen LogP contribution >= 0.6 is 0 Å². The van der Waals surface area contributed by atoms with Crippen LogP contribution < -0.4 is 0 Å². The minimum absolute atomic E-state index is 0.331. The lowest BCUT2D eigenvalue weighted by Crippen LogP contribution is -1.84. The first-order valence-electron chi connectivity index (χ1n) is 5.72. The minimum atomic E-state index is 0.331. The van der Waals surface area contributed by atoms with Gasteiger partial charge in [-0.15, -0.1) is 0 Å². The average Bonchev–Trinajstić information content (AvgIpc) is 2.21. The molecule has 0 aliphatic rings. The summed E-state index contributed by atoms with van der Waals surface area (Å²) in [5, 5.41) is 8.55. The Morgan fingerprint density at radius 1 is 0.857 bits per heavy atom. The summed E-state index contributed by atoms with van der Waals surface area (Å²) in [6, 6.07) is 0. The molecule has 2 nitrogen and oxygen atoms in total. The molecule has 0 spiro atoms. The zero-order chi connectivity index (χ0) is 10.5. The van der Waals surface area contributed by atoms with Gasteiger partial charge in [-0.3, -0.25) is 0 Å². The van der Waals surface area contributed by atoms with Gasteiger partial charge in [0.15, 0.2) is 0 Å². The Balaban J connectivity index is 2.88. The lowest BCUT2D eigenvalue weighted by Gasteiger charge is -1.99. The second-order valence-electron chi connectivity index (χ2n) is 3.66. The van der Waals surface area contributed by atoms with Gasteiger partial charge in [0, 0.05) is 6.61 Å². The number of rotatable bonds is 10. The van der Waals surface area contributed by atoms with Crippen LogP contribution in [0.15, 0.2) is 6.08 Å². The zero-order valence-electron chi connectivity index (χ0n) is 9.00. The molecule has 0 aromatic rings. The summed E-state index contributed by atoms with van der Waals surface area (Å²) >= 11 is 0. The number of aliphatic hydroxyl groups excluding tert-OH is 1. The van der Waals surface area contributed by atoms with Gasteiger partial charge in [0.1, 0.15) is 5.94 Å². The van der Waals surface area contributed by atoms with Gasteiger partial charge in [-0.05, 0) is 25.3 Å². The van der Waals surface area contributed by atoms with Crippen LogP contribution in [-0.2, 0) is 4.79 Å². The molecule has 82 valence electrons. The molecule has 0 atom stereocenters. The Bertz CT molecular complexity index is 148. The quantitative estimate of drug-likeness (QED) is 0.433. The van der Waals surface area contributed by atoms with Crippen molar-refractivity contribution >= 4 is 5.94 Å². The molecule has 0 aliphatic heterocycles. The van der Waals surface area contributed by atoms with Crippen LogP contribution in [-0.4, -0.2) is 17.7 Å². The van der Waals surface area contributed by atoms with Crippen molar-refractivity contribution in [1.82, 2.24) is 0 Å². The second kappa shape index (κ2) is 12.4. The second-order valence-corrected chi connectivity index (χ2v) is 3.66. The Morgan fingerprint density at radius 2 is 1.36 bits per heavy atom. The van der Waals surface area contributed by atoms with Gasteiger partial charge >= 0.3 is 0 Å². The van der Waals surface area contributed by atoms with Crippen molar-refractivity contribution in [1.29, 1.82) is 0 Å². The molecule has 0 unspecified atom stereocenters. The highest BCUT2D eigenvalue weighted by molar-refractivity contribution is 5.44. The van der Waals surface area contributed by atoms with Crippen molar-refractivity contribution in [2.24, 2.45) is 0 Å². The highest BCUT2D eigenvalue weighted by Crippen LogP contribution is 2.09. The molecule has 0 aromatic heterocycles. The maximum absolute atomic E-state index is 9.84. The van der Waals surface area contributed by atoms with Crippen LogP contribution in [0.1, 0.15) is 57.8 Å². The van der Waals surface area contributed by atoms with E-state index in [4.69, 9.17) is 5.11 Å². The monoisotopic (exact) mass is 198 g/mol. The normalized spacial score (nSPS) is 9.79. The highest BCUT2D eigenvalue weighted by atomic mass is 16.2. The molecule has 0 amide bonds. The number of aliphatic hydroxyl groups is 1. The lowest BCUT2D eigenvalue weighted by atomic mass is 10.1. The van der Waals surface area contributed by atoms with Crippen molar-refractivity contribution < 1.29 is 9.90 Å². The third-order valence-corrected chi connectivity index (χ3v) is 2.34. The number of unbranched alkanes of at least 4 members (excludes halogenated alkanes) is 8. The molecule has 14 heavy (non-hydrogen) atoms. The van der Waals surface area contributed by atoms with Crippen molar-refractivity contribution in [2.45, 2.75) is 57.8 Å². The van der Waals surface area contributed by atoms with Gasteiger partial charge in [0.25, 0.3) is 0 Å². The molecule has 0 aliphatic carbocycles. The summed E-state index contributed by atoms with van der Waals surface area (Å²) in [7, 11) is 0. The maximum atomic E-state index is 9.84. The fourth-order valence-electron chi connectivity index (χ4n) is 1.48. The van der Waals surface area contributed by atoms with E-state index in [0.29, 0.717) is 6.61 Å². The van der Waals surface area contributed by atoms with Crippen LogP contribution in [0.4, 0.5) is 0 Å². The van der Waals surface area contributed by atoms with Crippen molar-refractivity contribution in [3.05, 3.63) is 6.08 Å². The Hall–Kier alpha value is -0.590. The van der Waals surface area contributed by atoms with Crippen LogP contribution in [0.3, 0.4) is 0 Å². The molecule has 0 aromatic carbocycles. The number of hydrogen-bond donors (Lipinski definition) is 1. The summed E-state index contributed by atoms with van der Waals surface area (Å²) in [6.45, 7) is 0.331. The van der Waals surface area contributed by atoms with Gasteiger partial charge in [-0.2, -0.15) is 0 Å². The molecule has 0 rings (SSSR count). The number of allylic oxidation sites excluding steroid dienone is 1. The van der Waals surface area contributed by atoms with E-state index in [-0.39, 0.29) is 0 Å². The predicted octanol–water partition coefficient (Wildman–Crippen LogP) is 2.88. The lowest BCUT2D eigenvalue weighted by molar-refractivity contribution is 0.282. The highest BCUT2D eigenvalue weighted by Gasteiger charge is 1.91. The maximum Gasteiger partial charge on any atom is 0.120 e. The van der Waals surface area contributed by atoms with E-state index in [2.05, 4.69) is 0 Å². The molecule has 2 heteroatoms. The molecule has 0 saturated heterocycles. The van der Waals surface area contributed by atoms with Gasteiger partial charge < -0.3 is 5.11 Å². The van der Waals surface area contributed by atoms with E-state index >= 15 is 0 Å².